The lowest BCUT2D eigenvalue weighted by molar-refractivity contribution is 0.189. The van der Waals surface area contributed by atoms with Gasteiger partial charge in [-0.3, -0.25) is 4.98 Å². The van der Waals surface area contributed by atoms with Gasteiger partial charge in [0.05, 0.1) is 13.2 Å². The van der Waals surface area contributed by atoms with Gasteiger partial charge in [0, 0.05) is 28.0 Å². The third kappa shape index (κ3) is 8.22. The van der Waals surface area contributed by atoms with Crippen LogP contribution in [-0.2, 0) is 4.74 Å². The number of nitrogens with zero attached hydrogens (tertiary/aromatic N) is 1. The number of aliphatic hydroxyl groups is 1. The zero-order valence-electron chi connectivity index (χ0n) is 16.0. The van der Waals surface area contributed by atoms with Gasteiger partial charge in [-0.05, 0) is 28.8 Å². The molecule has 0 saturated carbocycles. The highest BCUT2D eigenvalue weighted by atomic mass is 35.5. The van der Waals surface area contributed by atoms with Crippen molar-refractivity contribution in [1.29, 1.82) is 0 Å². The molecule has 1 aromatic heterocycles. The van der Waals surface area contributed by atoms with Gasteiger partial charge in [0.15, 0.2) is 0 Å². The molecule has 0 radical (unpaired) electrons. The van der Waals surface area contributed by atoms with Crippen LogP contribution in [0.5, 0.6) is 0 Å². The molecule has 3 nitrogen and oxygen atoms in total. The summed E-state index contributed by atoms with van der Waals surface area (Å²) in [6.07, 6.45) is 2.75. The minimum Gasteiger partial charge on any atom is -0.384 e. The number of hydrogen-bond acceptors (Lipinski definition) is 3. The summed E-state index contributed by atoms with van der Waals surface area (Å²) in [6, 6.07) is 21.8. The molecule has 0 bridgehead atoms. The highest BCUT2D eigenvalue weighted by Crippen LogP contribution is 2.26. The Labute approximate surface area is 181 Å². The zero-order chi connectivity index (χ0) is 21.1. The highest BCUT2D eigenvalue weighted by Gasteiger charge is 2.11. The number of aromatic nitrogens is 1. The Balaban J connectivity index is 0.000000284. The summed E-state index contributed by atoms with van der Waals surface area (Å²) in [5, 5.41) is 11.4. The Kier molecular flexibility index (Phi) is 9.62. The van der Waals surface area contributed by atoms with Crippen molar-refractivity contribution in [2.75, 3.05) is 13.2 Å². The average molecular weight is 428 g/mol. The van der Waals surface area contributed by atoms with Gasteiger partial charge in [0.1, 0.15) is 6.10 Å². The Morgan fingerprint density at radius 1 is 0.862 bits per heavy atom. The number of ether oxygens (including phenoxy) is 1. The van der Waals surface area contributed by atoms with Crippen LogP contribution in [0, 0.1) is 0 Å². The molecular weight excluding hydrogens is 405 g/mol. The predicted octanol–water partition coefficient (Wildman–Crippen LogP) is 6.34. The van der Waals surface area contributed by atoms with Crippen molar-refractivity contribution in [1.82, 2.24) is 4.98 Å². The van der Waals surface area contributed by atoms with Crippen molar-refractivity contribution in [2.24, 2.45) is 0 Å². The number of benzene rings is 2. The Morgan fingerprint density at radius 3 is 2.07 bits per heavy atom. The zero-order valence-corrected chi connectivity index (χ0v) is 17.5. The van der Waals surface area contributed by atoms with E-state index in [4.69, 9.17) is 27.9 Å². The van der Waals surface area contributed by atoms with Crippen molar-refractivity contribution in [3.05, 3.63) is 113 Å². The van der Waals surface area contributed by atoms with Crippen LogP contribution in [0.3, 0.4) is 0 Å². The molecule has 1 heterocycles. The van der Waals surface area contributed by atoms with Crippen LogP contribution in [0.15, 0.2) is 102 Å². The van der Waals surface area contributed by atoms with Gasteiger partial charge in [0.25, 0.3) is 0 Å². The first-order chi connectivity index (χ1) is 14.0. The topological polar surface area (TPSA) is 42.4 Å². The van der Waals surface area contributed by atoms with E-state index in [2.05, 4.69) is 36.3 Å². The van der Waals surface area contributed by atoms with Crippen LogP contribution in [0.1, 0.15) is 17.2 Å². The minimum absolute atomic E-state index is 0.327. The van der Waals surface area contributed by atoms with Gasteiger partial charge in [-0.1, -0.05) is 91.0 Å². The second-order valence-corrected chi connectivity index (χ2v) is 7.28. The molecule has 0 spiro atoms. The van der Waals surface area contributed by atoms with Crippen LogP contribution in [0.4, 0.5) is 0 Å². The fraction of sp³-hybridized carbons (Fsp3) is 0.125. The largest absolute Gasteiger partial charge is 0.384 e. The number of aliphatic hydroxyl groups excluding tert-OH is 1. The quantitative estimate of drug-likeness (QED) is 0.478. The van der Waals surface area contributed by atoms with E-state index in [1.54, 1.807) is 12.4 Å². The summed E-state index contributed by atoms with van der Waals surface area (Å²) in [4.78, 5) is 4.05. The number of rotatable bonds is 7. The van der Waals surface area contributed by atoms with Crippen LogP contribution in [0.25, 0.3) is 11.1 Å². The second-order valence-electron chi connectivity index (χ2n) is 6.21. The molecule has 1 N–H and O–H groups in total. The second kappa shape index (κ2) is 12.2. The molecule has 5 heteroatoms. The Bertz CT molecular complexity index is 900. The average Bonchev–Trinajstić information content (AvgIpc) is 2.74. The van der Waals surface area contributed by atoms with E-state index in [9.17, 15) is 5.11 Å². The summed E-state index contributed by atoms with van der Waals surface area (Å²) in [7, 11) is 0. The molecule has 0 fully saturated rings. The summed E-state index contributed by atoms with van der Waals surface area (Å²) < 4.78 is 4.89. The van der Waals surface area contributed by atoms with Gasteiger partial charge >= 0.3 is 0 Å². The molecule has 1 unspecified atom stereocenters. The molecular formula is C24H23Cl2NO2. The van der Waals surface area contributed by atoms with E-state index >= 15 is 0 Å². The number of hydrogen-bond donors (Lipinski definition) is 1. The lowest BCUT2D eigenvalue weighted by atomic mass is 9.98. The van der Waals surface area contributed by atoms with E-state index in [1.165, 1.54) is 0 Å². The molecule has 0 aliphatic carbocycles. The molecule has 29 heavy (non-hydrogen) atoms. The third-order valence-electron chi connectivity index (χ3n) is 3.83. The lowest BCUT2D eigenvalue weighted by Crippen LogP contribution is -2.00. The van der Waals surface area contributed by atoms with Gasteiger partial charge in [-0.25, -0.2) is 0 Å². The summed E-state index contributed by atoms with van der Waals surface area (Å²) >= 11 is 10.7. The maximum Gasteiger partial charge on any atom is 0.106 e. The third-order valence-corrected chi connectivity index (χ3v) is 4.05. The smallest absolute Gasteiger partial charge is 0.106 e. The predicted molar refractivity (Wildman–Crippen MR) is 121 cm³/mol. The molecule has 1 atom stereocenters. The van der Waals surface area contributed by atoms with Crippen LogP contribution in [0.2, 0.25) is 0 Å². The van der Waals surface area contributed by atoms with Gasteiger partial charge < -0.3 is 9.84 Å². The first-order valence-corrected chi connectivity index (χ1v) is 9.70. The number of halogens is 2. The van der Waals surface area contributed by atoms with E-state index in [1.807, 2.05) is 48.5 Å². The SMILES string of the molecule is C=C(Cl)COCC(=C)Cl.OC(c1cccnc1)c1cccc(-c2ccccc2)c1. The summed E-state index contributed by atoms with van der Waals surface area (Å²) in [6.45, 7) is 7.49. The molecule has 3 aromatic rings. The monoisotopic (exact) mass is 427 g/mol. The van der Waals surface area contributed by atoms with Gasteiger partial charge in [0.2, 0.25) is 0 Å². The fourth-order valence-electron chi connectivity index (χ4n) is 2.52. The van der Waals surface area contributed by atoms with E-state index in [-0.39, 0.29) is 0 Å². The molecule has 0 saturated heterocycles. The first-order valence-electron chi connectivity index (χ1n) is 8.95. The van der Waals surface area contributed by atoms with Crippen molar-refractivity contribution >= 4 is 23.2 Å². The normalized spacial score (nSPS) is 11.1. The molecule has 150 valence electrons. The molecule has 2 aromatic carbocycles. The van der Waals surface area contributed by atoms with Crippen molar-refractivity contribution in [3.63, 3.8) is 0 Å². The molecule has 0 amide bonds. The van der Waals surface area contributed by atoms with E-state index < -0.39 is 6.10 Å². The maximum absolute atomic E-state index is 10.4. The van der Waals surface area contributed by atoms with Crippen LogP contribution >= 0.6 is 23.2 Å². The minimum atomic E-state index is -0.646. The summed E-state index contributed by atoms with van der Waals surface area (Å²) in [5.74, 6) is 0. The van der Waals surface area contributed by atoms with Crippen molar-refractivity contribution in [3.8, 4) is 11.1 Å². The number of pyridine rings is 1. The Hall–Kier alpha value is -2.43. The van der Waals surface area contributed by atoms with Gasteiger partial charge in [-0.15, -0.1) is 0 Å². The summed E-state index contributed by atoms with van der Waals surface area (Å²) in [5.41, 5.74) is 3.93. The maximum atomic E-state index is 10.4. The van der Waals surface area contributed by atoms with Gasteiger partial charge in [-0.2, -0.15) is 0 Å². The van der Waals surface area contributed by atoms with Crippen molar-refractivity contribution in [2.45, 2.75) is 6.10 Å². The Morgan fingerprint density at radius 2 is 1.48 bits per heavy atom. The molecule has 0 aliphatic rings. The standard InChI is InChI=1S/C18H15NO.C6H8Cl2O/c20-18(17-10-5-11-19-13-17)16-9-4-8-15(12-16)14-6-2-1-3-7-14;1-5(7)3-9-4-6(2)8/h1-13,18,20H;1-4H2. The van der Waals surface area contributed by atoms with Crippen LogP contribution < -0.4 is 0 Å². The molecule has 3 rings (SSSR count). The van der Waals surface area contributed by atoms with Crippen LogP contribution in [-0.4, -0.2) is 23.3 Å². The van der Waals surface area contributed by atoms with E-state index in [0.29, 0.717) is 23.3 Å². The first kappa shape index (κ1) is 22.9. The highest BCUT2D eigenvalue weighted by molar-refractivity contribution is 6.29. The molecule has 0 aliphatic heterocycles. The fourth-order valence-corrected chi connectivity index (χ4v) is 2.68. The van der Waals surface area contributed by atoms with Crippen molar-refractivity contribution < 1.29 is 9.84 Å². The lowest BCUT2D eigenvalue weighted by Gasteiger charge is -2.12. The van der Waals surface area contributed by atoms with E-state index in [0.717, 1.165) is 22.3 Å².